The van der Waals surface area contributed by atoms with E-state index in [0.717, 1.165) is 25.7 Å². The van der Waals surface area contributed by atoms with Gasteiger partial charge in [-0.25, -0.2) is 13.5 Å². The maximum Gasteiger partial charge on any atom is 0.173 e. The van der Waals surface area contributed by atoms with Crippen LogP contribution >= 0.6 is 0 Å². The fourth-order valence-corrected chi connectivity index (χ4v) is 4.91. The number of aromatic nitrogens is 4. The zero-order valence-corrected chi connectivity index (χ0v) is 17.4. The third-order valence-electron chi connectivity index (χ3n) is 6.51. The zero-order valence-electron chi connectivity index (χ0n) is 17.4. The summed E-state index contributed by atoms with van der Waals surface area (Å²) in [5, 5.41) is 12.6. The molecule has 3 aromatic rings. The van der Waals surface area contributed by atoms with Gasteiger partial charge in [0.1, 0.15) is 17.7 Å². The van der Waals surface area contributed by atoms with Crippen molar-refractivity contribution >= 4 is 5.69 Å². The Bertz CT molecular complexity index is 1020. The van der Waals surface area contributed by atoms with Gasteiger partial charge in [-0.2, -0.15) is 0 Å². The molecule has 1 saturated heterocycles. The van der Waals surface area contributed by atoms with Gasteiger partial charge < -0.3 is 4.90 Å². The molecule has 1 aromatic heterocycles. The average Bonchev–Trinajstić information content (AvgIpc) is 3.48. The number of tetrazole rings is 1. The highest BCUT2D eigenvalue weighted by molar-refractivity contribution is 5.48. The molecule has 0 spiro atoms. The van der Waals surface area contributed by atoms with E-state index >= 15 is 0 Å². The number of hydrogen-bond acceptors (Lipinski definition) is 5. The van der Waals surface area contributed by atoms with Crippen LogP contribution in [0.5, 0.6) is 0 Å². The van der Waals surface area contributed by atoms with E-state index in [1.165, 1.54) is 12.1 Å². The maximum absolute atomic E-state index is 14.9. The Balaban J connectivity index is 1.45. The summed E-state index contributed by atoms with van der Waals surface area (Å²) in [5.41, 5.74) is 1.19. The Morgan fingerprint density at radius 1 is 0.839 bits per heavy atom. The van der Waals surface area contributed by atoms with Crippen molar-refractivity contribution in [3.05, 3.63) is 71.6 Å². The van der Waals surface area contributed by atoms with E-state index in [-0.39, 0.29) is 23.7 Å². The first-order chi connectivity index (χ1) is 15.2. The molecule has 8 heteroatoms. The standard InChI is InChI=1S/C23H26F2N6/c24-19-10-4-3-9-18(19)22(23-26-27-28-31(23)17-7-1-2-8-17)30-15-13-29(14-16-30)21-12-6-5-11-20(21)25/h3-6,9-12,17,22H,1-2,7-8,13-16H2. The zero-order chi connectivity index (χ0) is 21.2. The summed E-state index contributed by atoms with van der Waals surface area (Å²) in [6.07, 6.45) is 4.41. The molecule has 2 aliphatic rings. The molecule has 6 nitrogen and oxygen atoms in total. The molecule has 2 heterocycles. The van der Waals surface area contributed by atoms with Gasteiger partial charge in [-0.05, 0) is 41.5 Å². The first-order valence-corrected chi connectivity index (χ1v) is 11.0. The minimum atomic E-state index is -0.375. The number of anilines is 1. The lowest BCUT2D eigenvalue weighted by Crippen LogP contribution is -2.48. The summed E-state index contributed by atoms with van der Waals surface area (Å²) in [6.45, 7) is 2.61. The molecule has 1 unspecified atom stereocenters. The highest BCUT2D eigenvalue weighted by atomic mass is 19.1. The molecular weight excluding hydrogens is 398 g/mol. The predicted octanol–water partition coefficient (Wildman–Crippen LogP) is 3.98. The summed E-state index contributed by atoms with van der Waals surface area (Å²) in [4.78, 5) is 4.26. The Kier molecular flexibility index (Phi) is 5.63. The van der Waals surface area contributed by atoms with Gasteiger partial charge in [0, 0.05) is 31.7 Å². The maximum atomic E-state index is 14.9. The number of piperazine rings is 1. The second kappa shape index (κ2) is 8.70. The SMILES string of the molecule is Fc1ccccc1C(c1nnnn1C1CCCC1)N1CCN(c2ccccc2F)CC1. The van der Waals surface area contributed by atoms with E-state index in [4.69, 9.17) is 0 Å². The van der Waals surface area contributed by atoms with Crippen molar-refractivity contribution in [2.45, 2.75) is 37.8 Å². The molecule has 0 amide bonds. The molecule has 2 aromatic carbocycles. The Morgan fingerprint density at radius 2 is 1.52 bits per heavy atom. The van der Waals surface area contributed by atoms with Gasteiger partial charge in [0.2, 0.25) is 0 Å². The van der Waals surface area contributed by atoms with Gasteiger partial charge in [0.25, 0.3) is 0 Å². The molecule has 1 aliphatic carbocycles. The van der Waals surface area contributed by atoms with E-state index in [1.54, 1.807) is 18.2 Å². The molecule has 2 fully saturated rings. The van der Waals surface area contributed by atoms with Gasteiger partial charge >= 0.3 is 0 Å². The van der Waals surface area contributed by atoms with Crippen LogP contribution in [0, 0.1) is 11.6 Å². The van der Waals surface area contributed by atoms with Crippen LogP contribution in [0.15, 0.2) is 48.5 Å². The van der Waals surface area contributed by atoms with E-state index in [9.17, 15) is 8.78 Å². The van der Waals surface area contributed by atoms with E-state index in [2.05, 4.69) is 20.4 Å². The smallest absolute Gasteiger partial charge is 0.173 e. The predicted molar refractivity (Wildman–Crippen MR) is 114 cm³/mol. The molecule has 31 heavy (non-hydrogen) atoms. The molecular formula is C23H26F2N6. The molecule has 0 N–H and O–H groups in total. The van der Waals surface area contributed by atoms with E-state index in [1.807, 2.05) is 27.8 Å². The summed E-state index contributed by atoms with van der Waals surface area (Å²) < 4.78 is 31.1. The van der Waals surface area contributed by atoms with Crippen LogP contribution in [0.2, 0.25) is 0 Å². The van der Waals surface area contributed by atoms with Crippen molar-refractivity contribution in [1.82, 2.24) is 25.1 Å². The number of benzene rings is 2. The number of nitrogens with zero attached hydrogens (tertiary/aromatic N) is 6. The Labute approximate surface area is 180 Å². The van der Waals surface area contributed by atoms with Crippen LogP contribution in [0.1, 0.15) is 49.2 Å². The second-order valence-corrected chi connectivity index (χ2v) is 8.32. The van der Waals surface area contributed by atoms with Gasteiger partial charge in [-0.1, -0.05) is 43.2 Å². The third-order valence-corrected chi connectivity index (χ3v) is 6.51. The first-order valence-electron chi connectivity index (χ1n) is 11.0. The quantitative estimate of drug-likeness (QED) is 0.620. The minimum absolute atomic E-state index is 0.216. The molecule has 162 valence electrons. The lowest BCUT2D eigenvalue weighted by molar-refractivity contribution is 0.194. The van der Waals surface area contributed by atoms with Crippen LogP contribution in [-0.4, -0.2) is 51.3 Å². The van der Waals surface area contributed by atoms with Crippen LogP contribution in [0.3, 0.4) is 0 Å². The summed E-state index contributed by atoms with van der Waals surface area (Å²) >= 11 is 0. The normalized spacial score (nSPS) is 19.1. The molecule has 1 aliphatic heterocycles. The molecule has 1 saturated carbocycles. The van der Waals surface area contributed by atoms with Crippen LogP contribution < -0.4 is 4.90 Å². The Morgan fingerprint density at radius 3 is 2.23 bits per heavy atom. The van der Waals surface area contributed by atoms with Crippen molar-refractivity contribution < 1.29 is 8.78 Å². The molecule has 0 bridgehead atoms. The van der Waals surface area contributed by atoms with Crippen molar-refractivity contribution in [3.63, 3.8) is 0 Å². The summed E-state index contributed by atoms with van der Waals surface area (Å²) in [7, 11) is 0. The minimum Gasteiger partial charge on any atom is -0.367 e. The molecule has 1 atom stereocenters. The fourth-order valence-electron chi connectivity index (χ4n) is 4.91. The Hall–Kier alpha value is -2.87. The highest BCUT2D eigenvalue weighted by Gasteiger charge is 2.34. The van der Waals surface area contributed by atoms with Crippen molar-refractivity contribution in [3.8, 4) is 0 Å². The van der Waals surface area contributed by atoms with Gasteiger partial charge in [0.15, 0.2) is 5.82 Å². The highest BCUT2D eigenvalue weighted by Crippen LogP contribution is 2.35. The largest absolute Gasteiger partial charge is 0.367 e. The van der Waals surface area contributed by atoms with Crippen molar-refractivity contribution in [1.29, 1.82) is 0 Å². The molecule has 5 rings (SSSR count). The monoisotopic (exact) mass is 424 g/mol. The third kappa shape index (κ3) is 3.92. The van der Waals surface area contributed by atoms with Gasteiger partial charge in [-0.3, -0.25) is 4.90 Å². The second-order valence-electron chi connectivity index (χ2n) is 8.32. The fraction of sp³-hybridized carbons (Fsp3) is 0.435. The summed E-state index contributed by atoms with van der Waals surface area (Å²) in [5.74, 6) is 0.216. The van der Waals surface area contributed by atoms with Crippen LogP contribution in [0.25, 0.3) is 0 Å². The lowest BCUT2D eigenvalue weighted by atomic mass is 10.0. The number of halogens is 2. The van der Waals surface area contributed by atoms with Crippen molar-refractivity contribution in [2.75, 3.05) is 31.1 Å². The van der Waals surface area contributed by atoms with Crippen LogP contribution in [-0.2, 0) is 0 Å². The lowest BCUT2D eigenvalue weighted by Gasteiger charge is -2.40. The summed E-state index contributed by atoms with van der Waals surface area (Å²) in [6, 6.07) is 13.6. The van der Waals surface area contributed by atoms with Gasteiger partial charge in [0.05, 0.1) is 11.7 Å². The number of para-hydroxylation sites is 1. The van der Waals surface area contributed by atoms with Crippen LogP contribution in [0.4, 0.5) is 14.5 Å². The van der Waals surface area contributed by atoms with Crippen molar-refractivity contribution in [2.24, 2.45) is 0 Å². The number of hydrogen-bond donors (Lipinski definition) is 0. The molecule has 0 radical (unpaired) electrons. The first kappa shape index (κ1) is 20.1. The van der Waals surface area contributed by atoms with Gasteiger partial charge in [-0.15, -0.1) is 5.10 Å². The topological polar surface area (TPSA) is 50.1 Å². The average molecular weight is 424 g/mol. The van der Waals surface area contributed by atoms with E-state index in [0.29, 0.717) is 43.3 Å². The van der Waals surface area contributed by atoms with E-state index < -0.39 is 0 Å². The number of rotatable bonds is 5.